The van der Waals surface area contributed by atoms with Crippen molar-refractivity contribution in [1.29, 1.82) is 0 Å². The topological polar surface area (TPSA) is 241 Å². The van der Waals surface area contributed by atoms with Crippen LogP contribution >= 0.6 is 0 Å². The fourth-order valence-corrected chi connectivity index (χ4v) is 28.6. The Morgan fingerprint density at radius 1 is 0.377 bits per heavy atom. The fourth-order valence-electron chi connectivity index (χ4n) is 28.6. The highest BCUT2D eigenvalue weighted by Gasteiger charge is 2.76. The third kappa shape index (κ3) is 9.11. The average Bonchev–Trinajstić information content (AvgIpc) is 1.37. The minimum Gasteiger partial charge on any atom is -0.504 e. The van der Waals surface area contributed by atoms with Gasteiger partial charge < -0.3 is 61.5 Å². The summed E-state index contributed by atoms with van der Waals surface area (Å²) in [7, 11) is 0. The standard InChI is InChI=1S/2C23H30N2O3.2C21H28N2O2/c2*1-13(26)24-16-7-8-22(2)18-11-15-5-6-17(27)20-19(15)23(22,21(16)28-20)9-10-25(18)12-14-3-4-14;2*1-20-7-6-14(22)19-21(20)8-9-23(11-12-2-3-12)16(20)10-13-4-5-15(24)18(25-19)17(13)21/h2*5-6,14,16,18,21,27H,3-4,7-12H2,1-2H3,(H,24,26);2*4-5,12,14,16,19,24H,2-3,6-11,22H2,1H3/t16-,18?,21?,22+,23+;16-,18?,21?,22-,23-;14-,16?,19?,20+,21+;14-,16?,19?,20-,21-/m1010/s1. The second-order valence-electron chi connectivity index (χ2n) is 39.2. The van der Waals surface area contributed by atoms with Gasteiger partial charge in [0.05, 0.1) is 12.1 Å². The number of ether oxygens (including phenoxy) is 4. The predicted molar refractivity (Wildman–Crippen MR) is 403 cm³/mol. The van der Waals surface area contributed by atoms with Crippen LogP contribution in [0.4, 0.5) is 0 Å². The zero-order chi connectivity index (χ0) is 72.5. The summed E-state index contributed by atoms with van der Waals surface area (Å²) in [5.74, 6) is 7.65. The first-order valence-electron chi connectivity index (χ1n) is 42.1. The zero-order valence-electron chi connectivity index (χ0n) is 63.7. The van der Waals surface area contributed by atoms with E-state index < -0.39 is 0 Å². The summed E-state index contributed by atoms with van der Waals surface area (Å²) in [5, 5.41) is 48.6. The smallest absolute Gasteiger partial charge is 0.217 e. The fraction of sp³-hybridized carbons (Fsp3) is 0.705. The Kier molecular flexibility index (Phi) is 15.0. The molecule has 8 bridgehead atoms. The first-order chi connectivity index (χ1) is 51.0. The molecule has 0 aromatic heterocycles. The van der Waals surface area contributed by atoms with Crippen molar-refractivity contribution in [2.24, 2.45) is 56.8 Å². The summed E-state index contributed by atoms with van der Waals surface area (Å²) in [6, 6.07) is 18.2. The van der Waals surface area contributed by atoms with Crippen molar-refractivity contribution in [3.63, 3.8) is 0 Å². The van der Waals surface area contributed by atoms with Gasteiger partial charge in [0.1, 0.15) is 24.4 Å². The van der Waals surface area contributed by atoms with Crippen LogP contribution < -0.4 is 41.0 Å². The molecule has 8 heterocycles. The first kappa shape index (κ1) is 68.0. The largest absolute Gasteiger partial charge is 0.504 e. The molecule has 8 aliphatic heterocycles. The van der Waals surface area contributed by atoms with Crippen LogP contribution in [0.1, 0.15) is 214 Å². The van der Waals surface area contributed by atoms with E-state index >= 15 is 0 Å². The van der Waals surface area contributed by atoms with E-state index in [4.69, 9.17) is 30.4 Å². The molecular weight excluding hydrogens is 1330 g/mol. The van der Waals surface area contributed by atoms with Gasteiger partial charge in [0, 0.05) is 120 Å². The lowest BCUT2D eigenvalue weighted by Crippen LogP contribution is -2.73. The average molecular weight is 1450 g/mol. The van der Waals surface area contributed by atoms with Gasteiger partial charge in [-0.25, -0.2) is 0 Å². The van der Waals surface area contributed by atoms with Gasteiger partial charge in [0.25, 0.3) is 0 Å². The van der Waals surface area contributed by atoms with Crippen LogP contribution in [0.3, 0.4) is 0 Å². The van der Waals surface area contributed by atoms with Gasteiger partial charge >= 0.3 is 0 Å². The SMILES string of the molecule is CC(=O)N[C@@H]1CC[C@@]2(C)C3Cc4ccc(O)c5c4[C@@]2(CCN3CC2CC2)C1O5.CC(=O)N[C@H]1CC[C@@]2(C)C3Cc4ccc(O)c5c4[C@@]2(CCN3CC2CC2)C1O5.C[C@@]12CC[C@@H](N)C3Oc4c(O)ccc5c4[C@@]31CCN(CC1CC1)C2C5.C[C@@]12CC[C@H](N)C3Oc4c(O)ccc5c4[C@@]31CCN(CC1CC1)C2C5. The van der Waals surface area contributed by atoms with Gasteiger partial charge in [-0.2, -0.15) is 0 Å². The number of hydrogen-bond acceptors (Lipinski definition) is 16. The van der Waals surface area contributed by atoms with E-state index in [1.165, 1.54) is 135 Å². The predicted octanol–water partition coefficient (Wildman–Crippen LogP) is 10.6. The number of amides is 2. The summed E-state index contributed by atoms with van der Waals surface area (Å²) in [4.78, 5) is 35.0. The number of aromatic hydroxyl groups is 4. The summed E-state index contributed by atoms with van der Waals surface area (Å²) in [6.07, 6.45) is 28.2. The number of nitrogens with two attached hydrogens (primary N) is 2. The number of hydrogen-bond donors (Lipinski definition) is 8. The van der Waals surface area contributed by atoms with Crippen LogP contribution in [0.25, 0.3) is 0 Å². The lowest BCUT2D eigenvalue weighted by Gasteiger charge is -2.65. The number of phenolic OH excluding ortho intramolecular Hbond substituents is 4. The van der Waals surface area contributed by atoms with Crippen LogP contribution in [0, 0.1) is 45.3 Å². The molecule has 12 aliphatic carbocycles. The van der Waals surface area contributed by atoms with Gasteiger partial charge in [-0.15, -0.1) is 0 Å². The van der Waals surface area contributed by atoms with Gasteiger partial charge in [-0.3, -0.25) is 29.2 Å². The minimum absolute atomic E-state index is 0.00294. The highest BCUT2D eigenvalue weighted by atomic mass is 16.5. The molecule has 10 N–H and O–H groups in total. The number of rotatable bonds is 10. The second kappa shape index (κ2) is 23.3. The molecule has 4 spiro atoms. The van der Waals surface area contributed by atoms with Gasteiger partial charge in [0.2, 0.25) is 11.8 Å². The molecule has 106 heavy (non-hydrogen) atoms. The summed E-state index contributed by atoms with van der Waals surface area (Å²) >= 11 is 0. The number of benzene rings is 4. The molecular formula is C88H116N8O10. The molecule has 8 unspecified atom stereocenters. The number of nitrogens with zero attached hydrogens (tertiary/aromatic N) is 4. The number of nitrogens with one attached hydrogen (secondary N) is 2. The molecule has 8 saturated carbocycles. The second-order valence-corrected chi connectivity index (χ2v) is 39.2. The van der Waals surface area contributed by atoms with Crippen LogP contribution in [0.15, 0.2) is 48.5 Å². The van der Waals surface area contributed by atoms with Crippen molar-refractivity contribution in [2.75, 3.05) is 52.4 Å². The Hall–Kier alpha value is -6.02. The molecule has 4 aromatic carbocycles. The van der Waals surface area contributed by atoms with Crippen LogP contribution in [0.5, 0.6) is 46.0 Å². The van der Waals surface area contributed by atoms with Crippen molar-refractivity contribution in [3.8, 4) is 46.0 Å². The van der Waals surface area contributed by atoms with Crippen molar-refractivity contribution >= 4 is 11.8 Å². The van der Waals surface area contributed by atoms with E-state index in [-0.39, 0.29) is 115 Å². The maximum Gasteiger partial charge on any atom is 0.217 e. The number of carbonyl (C=O) groups is 2. The Balaban J connectivity index is 0.0000000909. The summed E-state index contributed by atoms with van der Waals surface area (Å²) in [6.45, 7) is 22.6. The monoisotopic (exact) mass is 1440 g/mol. The maximum atomic E-state index is 11.9. The van der Waals surface area contributed by atoms with E-state index in [1.807, 2.05) is 12.1 Å². The molecule has 4 aromatic rings. The molecule has 568 valence electrons. The third-order valence-corrected chi connectivity index (χ3v) is 34.2. The maximum absolute atomic E-state index is 11.9. The van der Waals surface area contributed by atoms with E-state index in [0.29, 0.717) is 47.2 Å². The van der Waals surface area contributed by atoms with Crippen molar-refractivity contribution in [3.05, 3.63) is 93.0 Å². The van der Waals surface area contributed by atoms with E-state index in [9.17, 15) is 30.0 Å². The Morgan fingerprint density at radius 3 is 0.877 bits per heavy atom. The summed E-state index contributed by atoms with van der Waals surface area (Å²) in [5.41, 5.74) is 24.2. The van der Waals surface area contributed by atoms with E-state index in [2.05, 4.69) is 82.2 Å². The van der Waals surface area contributed by atoms with Gasteiger partial charge in [-0.1, -0.05) is 52.0 Å². The molecule has 2 amide bonds. The Bertz CT molecular complexity index is 4060. The lowest BCUT2D eigenvalue weighted by atomic mass is 9.43. The molecule has 0 radical (unpaired) electrons. The number of phenols is 4. The quantitative estimate of drug-likeness (QED) is 0.0736. The van der Waals surface area contributed by atoms with Crippen molar-refractivity contribution < 1.29 is 49.0 Å². The van der Waals surface area contributed by atoms with Crippen molar-refractivity contribution in [2.45, 2.75) is 290 Å². The third-order valence-electron chi connectivity index (χ3n) is 34.2. The normalized spacial score (nSPS) is 42.3. The lowest BCUT2D eigenvalue weighted by molar-refractivity contribution is -0.135. The van der Waals surface area contributed by atoms with E-state index in [0.717, 1.165) is 151 Å². The Labute approximate surface area is 626 Å². The molecule has 12 fully saturated rings. The highest BCUT2D eigenvalue weighted by Crippen LogP contribution is 2.74. The van der Waals surface area contributed by atoms with Gasteiger partial charge in [-0.05, 0) is 272 Å². The molecule has 18 nitrogen and oxygen atoms in total. The molecule has 18 heteroatoms. The molecule has 20 atom stereocenters. The van der Waals surface area contributed by atoms with Gasteiger partial charge in [0.15, 0.2) is 46.0 Å². The first-order valence-corrected chi connectivity index (χ1v) is 42.1. The van der Waals surface area contributed by atoms with Crippen LogP contribution in [-0.4, -0.2) is 177 Å². The van der Waals surface area contributed by atoms with Crippen molar-refractivity contribution in [1.82, 2.24) is 30.2 Å². The number of carbonyl (C=O) groups excluding carboxylic acids is 2. The summed E-state index contributed by atoms with van der Waals surface area (Å²) < 4.78 is 25.9. The minimum atomic E-state index is -0.106. The number of likely N-dealkylation sites (tertiary alicyclic amines) is 4. The zero-order valence-corrected chi connectivity index (χ0v) is 63.7. The molecule has 24 rings (SSSR count). The van der Waals surface area contributed by atoms with E-state index in [1.54, 1.807) is 26.0 Å². The van der Waals surface area contributed by atoms with Crippen LogP contribution in [-0.2, 0) is 56.9 Å². The molecule has 20 aliphatic rings. The van der Waals surface area contributed by atoms with Crippen LogP contribution in [0.2, 0.25) is 0 Å². The number of piperidine rings is 4. The molecule has 4 saturated heterocycles. The Morgan fingerprint density at radius 2 is 0.623 bits per heavy atom. The highest BCUT2D eigenvalue weighted by molar-refractivity contribution is 5.75.